The molecule has 0 aliphatic carbocycles. The number of rotatable bonds is 7. The number of piperidine rings is 1. The molecular weight excluding hydrogens is 484 g/mol. The second-order valence-corrected chi connectivity index (χ2v) is 10.8. The maximum absolute atomic E-state index is 13.7. The van der Waals surface area contributed by atoms with Crippen molar-refractivity contribution in [2.75, 3.05) is 13.1 Å². The van der Waals surface area contributed by atoms with Crippen LogP contribution in [0.4, 0.5) is 0 Å². The molecule has 1 fully saturated rings. The van der Waals surface area contributed by atoms with E-state index in [0.29, 0.717) is 23.9 Å². The van der Waals surface area contributed by atoms with E-state index in [9.17, 15) is 4.79 Å². The quantitative estimate of drug-likeness (QED) is 0.319. The third-order valence-corrected chi connectivity index (χ3v) is 8.24. The Hall–Kier alpha value is -4.10. The fourth-order valence-electron chi connectivity index (χ4n) is 5.88. The smallest absolute Gasteiger partial charge is 0.253 e. The van der Waals surface area contributed by atoms with Crippen LogP contribution in [-0.4, -0.2) is 43.2 Å². The van der Waals surface area contributed by atoms with Gasteiger partial charge in [-0.3, -0.25) is 9.69 Å². The van der Waals surface area contributed by atoms with Crippen molar-refractivity contribution in [1.82, 2.24) is 30.1 Å². The van der Waals surface area contributed by atoms with Gasteiger partial charge in [-0.05, 0) is 96.3 Å². The second kappa shape index (κ2) is 10.9. The summed E-state index contributed by atoms with van der Waals surface area (Å²) in [5.74, 6) is 1.32. The molecule has 198 valence electrons. The number of aromatic amines is 1. The summed E-state index contributed by atoms with van der Waals surface area (Å²) in [6.07, 6.45) is 3.21. The van der Waals surface area contributed by atoms with Gasteiger partial charge in [0.2, 0.25) is 0 Å². The highest BCUT2D eigenvalue weighted by Crippen LogP contribution is 2.32. The highest BCUT2D eigenvalue weighted by atomic mass is 16.1. The van der Waals surface area contributed by atoms with Crippen molar-refractivity contribution in [2.24, 2.45) is 5.92 Å². The first-order valence-electron chi connectivity index (χ1n) is 13.8. The largest absolute Gasteiger partial charge is 0.321 e. The molecule has 3 heterocycles. The molecule has 0 bridgehead atoms. The van der Waals surface area contributed by atoms with Gasteiger partial charge in [-0.1, -0.05) is 72.8 Å². The number of H-pyrrole nitrogens is 1. The molecule has 0 saturated carbocycles. The SMILES string of the molecule is Cc1ccc2cc([C@@H](c3nnnn3Cc3ccccc3)N3CCC(Cc4ccccc4)CC3)c(=O)[nH]c2c1C. The van der Waals surface area contributed by atoms with E-state index in [4.69, 9.17) is 0 Å². The zero-order valence-electron chi connectivity index (χ0n) is 22.5. The van der Waals surface area contributed by atoms with Gasteiger partial charge in [0.15, 0.2) is 5.82 Å². The van der Waals surface area contributed by atoms with Gasteiger partial charge in [-0.2, -0.15) is 0 Å². The maximum Gasteiger partial charge on any atom is 0.253 e. The number of pyridine rings is 1. The summed E-state index contributed by atoms with van der Waals surface area (Å²) in [4.78, 5) is 19.3. The van der Waals surface area contributed by atoms with Crippen LogP contribution in [0.15, 0.2) is 83.7 Å². The molecule has 0 spiro atoms. The lowest BCUT2D eigenvalue weighted by atomic mass is 9.89. The summed E-state index contributed by atoms with van der Waals surface area (Å²) in [6.45, 7) is 6.44. The number of nitrogens with zero attached hydrogens (tertiary/aromatic N) is 5. The highest BCUT2D eigenvalue weighted by molar-refractivity contribution is 5.83. The Kier molecular flexibility index (Phi) is 7.07. The van der Waals surface area contributed by atoms with E-state index in [1.54, 1.807) is 0 Å². The average Bonchev–Trinajstić information content (AvgIpc) is 3.41. The number of nitrogens with one attached hydrogen (secondary N) is 1. The fraction of sp³-hybridized carbons (Fsp3) is 0.312. The first-order chi connectivity index (χ1) is 19.1. The Morgan fingerprint density at radius 1 is 0.923 bits per heavy atom. The van der Waals surface area contributed by atoms with Gasteiger partial charge in [0, 0.05) is 5.56 Å². The molecule has 7 nitrogen and oxygen atoms in total. The van der Waals surface area contributed by atoms with Gasteiger partial charge in [0.25, 0.3) is 5.56 Å². The first-order valence-corrected chi connectivity index (χ1v) is 13.8. The molecule has 5 aromatic rings. The molecule has 1 N–H and O–H groups in total. The number of hydrogen-bond donors (Lipinski definition) is 1. The number of aromatic nitrogens is 5. The summed E-state index contributed by atoms with van der Waals surface area (Å²) in [5, 5.41) is 14.0. The van der Waals surface area contributed by atoms with Crippen LogP contribution in [0.3, 0.4) is 0 Å². The number of hydrogen-bond acceptors (Lipinski definition) is 5. The average molecular weight is 519 g/mol. The van der Waals surface area contributed by atoms with E-state index in [2.05, 4.69) is 93.9 Å². The first kappa shape index (κ1) is 25.2. The van der Waals surface area contributed by atoms with Crippen LogP contribution < -0.4 is 5.56 Å². The molecular formula is C32H34N6O. The minimum absolute atomic E-state index is 0.0816. The number of likely N-dealkylation sites (tertiary alicyclic amines) is 1. The number of tetrazole rings is 1. The van der Waals surface area contributed by atoms with Gasteiger partial charge in [-0.15, -0.1) is 5.10 Å². The monoisotopic (exact) mass is 518 g/mol. The number of aryl methyl sites for hydroxylation is 2. The molecule has 3 aromatic carbocycles. The van der Waals surface area contributed by atoms with E-state index in [1.807, 2.05) is 28.9 Å². The molecule has 1 aliphatic rings. The Bertz CT molecular complexity index is 1620. The van der Waals surface area contributed by atoms with E-state index < -0.39 is 0 Å². The third-order valence-electron chi connectivity index (χ3n) is 8.24. The summed E-state index contributed by atoms with van der Waals surface area (Å²) in [6, 6.07) is 26.8. The van der Waals surface area contributed by atoms with Crippen LogP contribution >= 0.6 is 0 Å². The summed E-state index contributed by atoms with van der Waals surface area (Å²) < 4.78 is 1.85. The topological polar surface area (TPSA) is 79.7 Å². The lowest BCUT2D eigenvalue weighted by Crippen LogP contribution is -2.41. The van der Waals surface area contributed by atoms with Gasteiger partial charge in [0.05, 0.1) is 12.1 Å². The zero-order chi connectivity index (χ0) is 26.8. The van der Waals surface area contributed by atoms with Gasteiger partial charge >= 0.3 is 0 Å². The molecule has 0 unspecified atom stereocenters. The Balaban J connectivity index is 1.36. The van der Waals surface area contributed by atoms with E-state index in [1.165, 1.54) is 5.56 Å². The van der Waals surface area contributed by atoms with Crippen LogP contribution in [0.2, 0.25) is 0 Å². The number of benzene rings is 3. The van der Waals surface area contributed by atoms with Crippen LogP contribution in [-0.2, 0) is 13.0 Å². The molecule has 1 saturated heterocycles. The van der Waals surface area contributed by atoms with Crippen molar-refractivity contribution in [1.29, 1.82) is 0 Å². The van der Waals surface area contributed by atoms with Crippen molar-refractivity contribution in [3.05, 3.63) is 123 Å². The van der Waals surface area contributed by atoms with Gasteiger partial charge < -0.3 is 4.98 Å². The minimum atomic E-state index is -0.337. The van der Waals surface area contributed by atoms with Gasteiger partial charge in [0.1, 0.15) is 6.04 Å². The highest BCUT2D eigenvalue weighted by Gasteiger charge is 2.33. The lowest BCUT2D eigenvalue weighted by Gasteiger charge is -2.37. The summed E-state index contributed by atoms with van der Waals surface area (Å²) in [5.41, 5.74) is 6.27. The van der Waals surface area contributed by atoms with Crippen LogP contribution in [0.1, 0.15) is 52.5 Å². The summed E-state index contributed by atoms with van der Waals surface area (Å²) >= 11 is 0. The second-order valence-electron chi connectivity index (χ2n) is 10.8. The van der Waals surface area contributed by atoms with Crippen LogP contribution in [0.25, 0.3) is 10.9 Å². The Labute approximate surface area is 228 Å². The van der Waals surface area contributed by atoms with Gasteiger partial charge in [-0.25, -0.2) is 4.68 Å². The predicted octanol–water partition coefficient (Wildman–Crippen LogP) is 5.22. The molecule has 6 rings (SSSR count). The standard InChI is InChI=1S/C32H34N6O/c1-22-13-14-27-20-28(32(39)33-29(27)23(22)2)30(31-34-35-36-38(31)21-26-11-7-4-8-12-26)37-17-15-25(16-18-37)19-24-9-5-3-6-10-24/h3-14,20,25,30H,15-19,21H2,1-2H3,(H,33,39)/t30-/m0/s1. The lowest BCUT2D eigenvalue weighted by molar-refractivity contribution is 0.143. The molecule has 7 heteroatoms. The molecule has 39 heavy (non-hydrogen) atoms. The molecule has 0 radical (unpaired) electrons. The zero-order valence-corrected chi connectivity index (χ0v) is 22.5. The Morgan fingerprint density at radius 2 is 1.62 bits per heavy atom. The third kappa shape index (κ3) is 5.27. The Morgan fingerprint density at radius 3 is 2.33 bits per heavy atom. The van der Waals surface area contributed by atoms with Crippen molar-refractivity contribution in [3.63, 3.8) is 0 Å². The van der Waals surface area contributed by atoms with E-state index >= 15 is 0 Å². The molecule has 1 atom stereocenters. The molecule has 2 aromatic heterocycles. The fourth-order valence-corrected chi connectivity index (χ4v) is 5.88. The molecule has 1 aliphatic heterocycles. The molecule has 0 amide bonds. The normalized spacial score (nSPS) is 15.5. The number of fused-ring (bicyclic) bond motifs is 1. The van der Waals surface area contributed by atoms with Crippen LogP contribution in [0, 0.1) is 19.8 Å². The van der Waals surface area contributed by atoms with Crippen molar-refractivity contribution in [2.45, 2.75) is 45.7 Å². The van der Waals surface area contributed by atoms with Crippen LogP contribution in [0.5, 0.6) is 0 Å². The van der Waals surface area contributed by atoms with E-state index in [-0.39, 0.29) is 11.6 Å². The summed E-state index contributed by atoms with van der Waals surface area (Å²) in [7, 11) is 0. The van der Waals surface area contributed by atoms with E-state index in [0.717, 1.165) is 59.9 Å². The van der Waals surface area contributed by atoms with Crippen molar-refractivity contribution in [3.8, 4) is 0 Å². The van der Waals surface area contributed by atoms with Crippen molar-refractivity contribution < 1.29 is 0 Å². The maximum atomic E-state index is 13.7. The minimum Gasteiger partial charge on any atom is -0.321 e. The van der Waals surface area contributed by atoms with Crippen molar-refractivity contribution >= 4 is 10.9 Å². The predicted molar refractivity (Wildman–Crippen MR) is 154 cm³/mol.